The Labute approximate surface area is 112 Å². The zero-order chi connectivity index (χ0) is 14.8. The van der Waals surface area contributed by atoms with Gasteiger partial charge in [0.1, 0.15) is 0 Å². The van der Waals surface area contributed by atoms with Crippen molar-refractivity contribution in [1.82, 2.24) is 10.2 Å². The van der Waals surface area contributed by atoms with Crippen LogP contribution in [0.2, 0.25) is 0 Å². The fourth-order valence-corrected chi connectivity index (χ4v) is 2.35. The number of nitrogens with one attached hydrogen (secondary N) is 1. The minimum Gasteiger partial charge on any atom is -0.325 e. The Balaban J connectivity index is 2.78. The summed E-state index contributed by atoms with van der Waals surface area (Å²) in [5.74, 6) is 0.0215. The zero-order valence-corrected chi connectivity index (χ0v) is 11.9. The summed E-state index contributed by atoms with van der Waals surface area (Å²) in [6.45, 7) is 7.47. The molecule has 1 saturated heterocycles. The van der Waals surface area contributed by atoms with Crippen LogP contribution in [0.5, 0.6) is 0 Å². The summed E-state index contributed by atoms with van der Waals surface area (Å²) in [6, 6.07) is -0.356. The van der Waals surface area contributed by atoms with Crippen LogP contribution in [0, 0.1) is 11.8 Å². The molecule has 0 saturated carbocycles. The predicted octanol–water partition coefficient (Wildman–Crippen LogP) is 2.77. The molecule has 3 atom stereocenters. The van der Waals surface area contributed by atoms with Gasteiger partial charge in [-0.15, -0.1) is 0 Å². The van der Waals surface area contributed by atoms with E-state index >= 15 is 0 Å². The van der Waals surface area contributed by atoms with E-state index in [1.54, 1.807) is 0 Å². The first-order chi connectivity index (χ1) is 8.67. The summed E-state index contributed by atoms with van der Waals surface area (Å²) in [5, 5.41) is 3.19. The van der Waals surface area contributed by atoms with E-state index in [1.165, 1.54) is 4.90 Å². The van der Waals surface area contributed by atoms with Crippen molar-refractivity contribution in [3.8, 4) is 0 Å². The Morgan fingerprint density at radius 3 is 2.32 bits per heavy atom. The topological polar surface area (TPSA) is 32.3 Å². The molecule has 0 aromatic rings. The summed E-state index contributed by atoms with van der Waals surface area (Å²) >= 11 is 0. The molecule has 1 amide bonds. The predicted molar refractivity (Wildman–Crippen MR) is 67.4 cm³/mol. The number of hydrogen-bond acceptors (Lipinski definition) is 2. The number of carbonyl (C=O) groups is 1. The van der Waals surface area contributed by atoms with E-state index in [0.717, 1.165) is 6.42 Å². The van der Waals surface area contributed by atoms with Crippen molar-refractivity contribution in [1.29, 1.82) is 0 Å². The zero-order valence-electron chi connectivity index (χ0n) is 11.9. The fourth-order valence-electron chi connectivity index (χ4n) is 2.35. The molecule has 1 N–H and O–H groups in total. The minimum absolute atomic E-state index is 0.0891. The van der Waals surface area contributed by atoms with Gasteiger partial charge in [0.2, 0.25) is 5.91 Å². The van der Waals surface area contributed by atoms with Crippen molar-refractivity contribution >= 4 is 5.91 Å². The second-order valence-corrected chi connectivity index (χ2v) is 5.62. The molecule has 19 heavy (non-hydrogen) atoms. The lowest BCUT2D eigenvalue weighted by molar-refractivity contribution is -0.145. The maximum atomic E-state index is 12.3. The average Bonchev–Trinajstić information content (AvgIpc) is 2.62. The van der Waals surface area contributed by atoms with Gasteiger partial charge in [0.05, 0.1) is 18.6 Å². The van der Waals surface area contributed by atoms with Gasteiger partial charge in [0.15, 0.2) is 0 Å². The lowest BCUT2D eigenvalue weighted by atomic mass is 9.99. The van der Waals surface area contributed by atoms with E-state index in [9.17, 15) is 18.0 Å². The van der Waals surface area contributed by atoms with Gasteiger partial charge in [-0.2, -0.15) is 13.2 Å². The van der Waals surface area contributed by atoms with E-state index in [0.29, 0.717) is 0 Å². The third-order valence-corrected chi connectivity index (χ3v) is 3.72. The Kier molecular flexibility index (Phi) is 5.24. The smallest absolute Gasteiger partial charge is 0.325 e. The van der Waals surface area contributed by atoms with Gasteiger partial charge in [-0.05, 0) is 11.8 Å². The first kappa shape index (κ1) is 16.3. The molecule has 1 heterocycles. The van der Waals surface area contributed by atoms with Crippen LogP contribution in [0.4, 0.5) is 13.2 Å². The van der Waals surface area contributed by atoms with Crippen LogP contribution in [-0.4, -0.2) is 35.7 Å². The van der Waals surface area contributed by atoms with Crippen LogP contribution >= 0.6 is 0 Å². The van der Waals surface area contributed by atoms with Crippen molar-refractivity contribution in [2.24, 2.45) is 11.8 Å². The normalized spacial score (nSPS) is 26.3. The first-order valence-corrected chi connectivity index (χ1v) is 6.80. The SMILES string of the molecule is CCC(C)C1NC(C(C)C)N(CCC(F)(F)F)C1=O. The lowest BCUT2D eigenvalue weighted by Gasteiger charge is -2.27. The van der Waals surface area contributed by atoms with Gasteiger partial charge in [-0.1, -0.05) is 34.1 Å². The maximum Gasteiger partial charge on any atom is 0.390 e. The van der Waals surface area contributed by atoms with Gasteiger partial charge in [-0.3, -0.25) is 10.1 Å². The molecular formula is C13H23F3N2O. The van der Waals surface area contributed by atoms with E-state index in [4.69, 9.17) is 0 Å². The van der Waals surface area contributed by atoms with Gasteiger partial charge in [-0.25, -0.2) is 0 Å². The number of halogens is 3. The highest BCUT2D eigenvalue weighted by Gasteiger charge is 2.43. The molecule has 1 aliphatic rings. The molecule has 0 aromatic carbocycles. The second kappa shape index (κ2) is 6.11. The van der Waals surface area contributed by atoms with E-state index in [1.807, 2.05) is 27.7 Å². The summed E-state index contributed by atoms with van der Waals surface area (Å²) < 4.78 is 37.0. The Bertz CT molecular complexity index is 318. The molecule has 0 radical (unpaired) electrons. The van der Waals surface area contributed by atoms with Crippen LogP contribution in [0.15, 0.2) is 0 Å². The molecule has 3 unspecified atom stereocenters. The molecule has 1 fully saturated rings. The summed E-state index contributed by atoms with van der Waals surface area (Å²) in [5.41, 5.74) is 0. The van der Waals surface area contributed by atoms with Crippen molar-refractivity contribution < 1.29 is 18.0 Å². The highest BCUT2D eigenvalue weighted by molar-refractivity contribution is 5.84. The number of carbonyl (C=O) groups excluding carboxylic acids is 1. The number of alkyl halides is 3. The van der Waals surface area contributed by atoms with Gasteiger partial charge in [0.25, 0.3) is 0 Å². The summed E-state index contributed by atoms with van der Waals surface area (Å²) in [6.07, 6.45) is -4.65. The van der Waals surface area contributed by atoms with Crippen LogP contribution in [0.3, 0.4) is 0 Å². The molecule has 0 spiro atoms. The largest absolute Gasteiger partial charge is 0.390 e. The highest BCUT2D eigenvalue weighted by atomic mass is 19.4. The third-order valence-electron chi connectivity index (χ3n) is 3.72. The van der Waals surface area contributed by atoms with Crippen LogP contribution in [0.1, 0.15) is 40.5 Å². The van der Waals surface area contributed by atoms with Crippen LogP contribution < -0.4 is 5.32 Å². The number of hydrogen-bond donors (Lipinski definition) is 1. The molecule has 1 rings (SSSR count). The van der Waals surface area contributed by atoms with Gasteiger partial charge in [0, 0.05) is 6.54 Å². The fraction of sp³-hybridized carbons (Fsp3) is 0.923. The van der Waals surface area contributed by atoms with Crippen molar-refractivity contribution in [2.75, 3.05) is 6.54 Å². The minimum atomic E-state index is -4.23. The maximum absolute atomic E-state index is 12.3. The summed E-state index contributed by atoms with van der Waals surface area (Å²) in [7, 11) is 0. The van der Waals surface area contributed by atoms with Crippen molar-refractivity contribution in [3.05, 3.63) is 0 Å². The summed E-state index contributed by atoms with van der Waals surface area (Å²) in [4.78, 5) is 13.6. The Morgan fingerprint density at radius 1 is 1.32 bits per heavy atom. The standard InChI is InChI=1S/C13H23F3N2O/c1-5-9(4)10-12(19)18(7-6-13(14,15)16)11(17-10)8(2)3/h8-11,17H,5-7H2,1-4H3. The molecule has 6 heteroatoms. The molecule has 3 nitrogen and oxygen atoms in total. The molecule has 0 bridgehead atoms. The van der Waals surface area contributed by atoms with Crippen LogP contribution in [-0.2, 0) is 4.79 Å². The van der Waals surface area contributed by atoms with Crippen molar-refractivity contribution in [2.45, 2.75) is 58.9 Å². The molecular weight excluding hydrogens is 257 g/mol. The second-order valence-electron chi connectivity index (χ2n) is 5.62. The van der Waals surface area contributed by atoms with E-state index in [-0.39, 0.29) is 36.5 Å². The van der Waals surface area contributed by atoms with Crippen molar-refractivity contribution in [3.63, 3.8) is 0 Å². The number of amides is 1. The Morgan fingerprint density at radius 2 is 1.89 bits per heavy atom. The molecule has 0 aromatic heterocycles. The highest BCUT2D eigenvalue weighted by Crippen LogP contribution is 2.26. The van der Waals surface area contributed by atoms with E-state index in [2.05, 4.69) is 5.32 Å². The van der Waals surface area contributed by atoms with E-state index < -0.39 is 12.6 Å². The first-order valence-electron chi connectivity index (χ1n) is 6.80. The molecule has 0 aliphatic carbocycles. The van der Waals surface area contributed by atoms with Crippen LogP contribution in [0.25, 0.3) is 0 Å². The monoisotopic (exact) mass is 280 g/mol. The number of rotatable bonds is 5. The molecule has 1 aliphatic heterocycles. The average molecular weight is 280 g/mol. The quantitative estimate of drug-likeness (QED) is 0.840. The van der Waals surface area contributed by atoms with Gasteiger partial charge >= 0.3 is 6.18 Å². The molecule has 112 valence electrons. The Hall–Kier alpha value is -0.780. The van der Waals surface area contributed by atoms with Gasteiger partial charge < -0.3 is 4.90 Å². The number of nitrogens with zero attached hydrogens (tertiary/aromatic N) is 1. The third kappa shape index (κ3) is 4.09. The lowest BCUT2D eigenvalue weighted by Crippen LogP contribution is -2.43.